The minimum absolute atomic E-state index is 0.0325. The number of carbonyl (C=O) groups is 1. The van der Waals surface area contributed by atoms with Gasteiger partial charge in [-0.3, -0.25) is 9.52 Å². The van der Waals surface area contributed by atoms with E-state index in [2.05, 4.69) is 10.0 Å². The number of anilines is 1. The molecule has 0 bridgehead atoms. The molecule has 2 aromatic rings. The molecule has 1 saturated heterocycles. The molecule has 2 atom stereocenters. The molecule has 0 aromatic heterocycles. The van der Waals surface area contributed by atoms with Crippen molar-refractivity contribution in [3.8, 4) is 0 Å². The second kappa shape index (κ2) is 7.66. The Labute approximate surface area is 158 Å². The zero-order chi connectivity index (χ0) is 19.6. The Kier molecular flexibility index (Phi) is 5.48. The highest BCUT2D eigenvalue weighted by molar-refractivity contribution is 7.92. The van der Waals surface area contributed by atoms with E-state index in [9.17, 15) is 17.6 Å². The number of sulfonamides is 1. The number of carbonyl (C=O) groups excluding carboxylic acids is 1. The van der Waals surface area contributed by atoms with Crippen molar-refractivity contribution >= 4 is 21.6 Å². The summed E-state index contributed by atoms with van der Waals surface area (Å²) in [5.41, 5.74) is 0.705. The average Bonchev–Trinajstić information content (AvgIpc) is 2.65. The van der Waals surface area contributed by atoms with E-state index >= 15 is 0 Å². The van der Waals surface area contributed by atoms with Crippen LogP contribution < -0.4 is 10.0 Å². The molecule has 0 saturated carbocycles. The van der Waals surface area contributed by atoms with Gasteiger partial charge in [-0.2, -0.15) is 0 Å². The van der Waals surface area contributed by atoms with Crippen LogP contribution in [0.15, 0.2) is 53.4 Å². The summed E-state index contributed by atoms with van der Waals surface area (Å²) in [4.78, 5) is 14.6. The summed E-state index contributed by atoms with van der Waals surface area (Å²) in [5.74, 6) is -0.566. The van der Waals surface area contributed by atoms with Crippen molar-refractivity contribution in [2.45, 2.75) is 30.8 Å². The summed E-state index contributed by atoms with van der Waals surface area (Å²) in [7, 11) is -3.82. The molecule has 6 nitrogen and oxygen atoms in total. The van der Waals surface area contributed by atoms with Crippen molar-refractivity contribution in [2.24, 2.45) is 0 Å². The Balaban J connectivity index is 1.76. The molecule has 1 fully saturated rings. The highest BCUT2D eigenvalue weighted by Gasteiger charge is 2.28. The van der Waals surface area contributed by atoms with Crippen LogP contribution >= 0.6 is 0 Å². The molecule has 2 N–H and O–H groups in total. The van der Waals surface area contributed by atoms with Gasteiger partial charge in [-0.05, 0) is 62.4 Å². The highest BCUT2D eigenvalue weighted by atomic mass is 32.2. The van der Waals surface area contributed by atoms with E-state index in [-0.39, 0.29) is 28.6 Å². The van der Waals surface area contributed by atoms with Crippen LogP contribution in [0.1, 0.15) is 24.2 Å². The molecule has 1 amide bonds. The number of nitrogens with one attached hydrogen (secondary N) is 2. The number of piperazine rings is 1. The molecular weight excluding hydrogens is 369 g/mol. The third kappa shape index (κ3) is 4.28. The largest absolute Gasteiger partial charge is 0.333 e. The van der Waals surface area contributed by atoms with Gasteiger partial charge in [-0.15, -0.1) is 0 Å². The molecule has 1 heterocycles. The molecule has 2 unspecified atom stereocenters. The maximum absolute atomic E-state index is 13.0. The predicted octanol–water partition coefficient (Wildman–Crippen LogP) is 2.45. The van der Waals surface area contributed by atoms with Crippen LogP contribution in [0.5, 0.6) is 0 Å². The van der Waals surface area contributed by atoms with Gasteiger partial charge in [0.1, 0.15) is 5.82 Å². The van der Waals surface area contributed by atoms with Crippen LogP contribution in [0.25, 0.3) is 0 Å². The van der Waals surface area contributed by atoms with Gasteiger partial charge in [0.2, 0.25) is 0 Å². The van der Waals surface area contributed by atoms with Gasteiger partial charge in [0.05, 0.1) is 4.90 Å². The minimum atomic E-state index is -3.82. The van der Waals surface area contributed by atoms with Gasteiger partial charge >= 0.3 is 0 Å². The lowest BCUT2D eigenvalue weighted by Gasteiger charge is -2.38. The zero-order valence-electron chi connectivity index (χ0n) is 15.1. The predicted molar refractivity (Wildman–Crippen MR) is 102 cm³/mol. The summed E-state index contributed by atoms with van der Waals surface area (Å²) in [6.45, 7) is 5.35. The monoisotopic (exact) mass is 391 g/mol. The number of hydrogen-bond acceptors (Lipinski definition) is 4. The summed E-state index contributed by atoms with van der Waals surface area (Å²) >= 11 is 0. The first-order chi connectivity index (χ1) is 12.8. The average molecular weight is 391 g/mol. The van der Waals surface area contributed by atoms with E-state index in [0.717, 1.165) is 6.54 Å². The molecule has 3 rings (SSSR count). The summed E-state index contributed by atoms with van der Waals surface area (Å²) in [6, 6.07) is 11.1. The fourth-order valence-corrected chi connectivity index (χ4v) is 4.08. The number of amides is 1. The van der Waals surface area contributed by atoms with Crippen molar-refractivity contribution in [1.82, 2.24) is 10.2 Å². The SMILES string of the molecule is CC1NCCN(C(=O)c2ccc(S(=O)(=O)Nc3ccc(F)cc3)cc2)C1C. The van der Waals surface area contributed by atoms with E-state index in [1.165, 1.54) is 48.5 Å². The number of nitrogens with zero attached hydrogens (tertiary/aromatic N) is 1. The topological polar surface area (TPSA) is 78.5 Å². The van der Waals surface area contributed by atoms with Crippen molar-refractivity contribution in [3.63, 3.8) is 0 Å². The lowest BCUT2D eigenvalue weighted by atomic mass is 10.1. The molecule has 0 aliphatic carbocycles. The van der Waals surface area contributed by atoms with Gasteiger partial charge in [0.25, 0.3) is 15.9 Å². The van der Waals surface area contributed by atoms with Crippen LogP contribution in [0, 0.1) is 5.82 Å². The molecule has 1 aliphatic heterocycles. The van der Waals surface area contributed by atoms with Crippen molar-refractivity contribution < 1.29 is 17.6 Å². The molecule has 144 valence electrons. The highest BCUT2D eigenvalue weighted by Crippen LogP contribution is 2.19. The first-order valence-electron chi connectivity index (χ1n) is 8.71. The molecule has 0 radical (unpaired) electrons. The Morgan fingerprint density at radius 2 is 1.74 bits per heavy atom. The van der Waals surface area contributed by atoms with Gasteiger partial charge in [-0.25, -0.2) is 12.8 Å². The van der Waals surface area contributed by atoms with Gasteiger partial charge in [-0.1, -0.05) is 0 Å². The molecule has 8 heteroatoms. The van der Waals surface area contributed by atoms with E-state index < -0.39 is 15.8 Å². The molecule has 1 aliphatic rings. The third-order valence-electron chi connectivity index (χ3n) is 4.80. The lowest BCUT2D eigenvalue weighted by molar-refractivity contribution is 0.0603. The second-order valence-corrected chi connectivity index (χ2v) is 8.30. The van der Waals surface area contributed by atoms with E-state index in [0.29, 0.717) is 12.1 Å². The Bertz CT molecular complexity index is 914. The Hall–Kier alpha value is -2.45. The first-order valence-corrected chi connectivity index (χ1v) is 10.2. The van der Waals surface area contributed by atoms with Crippen LogP contribution in [-0.2, 0) is 10.0 Å². The van der Waals surface area contributed by atoms with Crippen LogP contribution in [0.2, 0.25) is 0 Å². The standard InChI is InChI=1S/C19H22FN3O3S/c1-13-14(2)23(12-11-21-13)19(24)15-3-9-18(10-4-15)27(25,26)22-17-7-5-16(20)6-8-17/h3-10,13-14,21-22H,11-12H2,1-2H3. The molecular formula is C19H22FN3O3S. The minimum Gasteiger partial charge on any atom is -0.333 e. The Morgan fingerprint density at radius 3 is 2.37 bits per heavy atom. The summed E-state index contributed by atoms with van der Waals surface area (Å²) < 4.78 is 40.3. The van der Waals surface area contributed by atoms with Crippen molar-refractivity contribution in [2.75, 3.05) is 17.8 Å². The molecule has 27 heavy (non-hydrogen) atoms. The van der Waals surface area contributed by atoms with Crippen LogP contribution in [0.4, 0.5) is 10.1 Å². The van der Waals surface area contributed by atoms with E-state index in [1.54, 1.807) is 4.90 Å². The zero-order valence-corrected chi connectivity index (χ0v) is 16.0. The van der Waals surface area contributed by atoms with E-state index in [4.69, 9.17) is 0 Å². The van der Waals surface area contributed by atoms with Gasteiger partial charge < -0.3 is 10.2 Å². The van der Waals surface area contributed by atoms with Gasteiger partial charge in [0, 0.05) is 36.4 Å². The van der Waals surface area contributed by atoms with Crippen molar-refractivity contribution in [1.29, 1.82) is 0 Å². The fraction of sp³-hybridized carbons (Fsp3) is 0.316. The summed E-state index contributed by atoms with van der Waals surface area (Å²) in [5, 5.41) is 3.32. The van der Waals surface area contributed by atoms with Crippen LogP contribution in [-0.4, -0.2) is 44.4 Å². The Morgan fingerprint density at radius 1 is 1.11 bits per heavy atom. The van der Waals surface area contributed by atoms with Crippen molar-refractivity contribution in [3.05, 3.63) is 59.9 Å². The summed E-state index contributed by atoms with van der Waals surface area (Å²) in [6.07, 6.45) is 0. The normalized spacial score (nSPS) is 20.3. The van der Waals surface area contributed by atoms with E-state index in [1.807, 2.05) is 13.8 Å². The second-order valence-electron chi connectivity index (χ2n) is 6.62. The van der Waals surface area contributed by atoms with Gasteiger partial charge in [0.15, 0.2) is 0 Å². The number of rotatable bonds is 4. The smallest absolute Gasteiger partial charge is 0.261 e. The maximum Gasteiger partial charge on any atom is 0.261 e. The third-order valence-corrected chi connectivity index (χ3v) is 6.20. The molecule has 2 aromatic carbocycles. The maximum atomic E-state index is 13.0. The number of halogens is 1. The quantitative estimate of drug-likeness (QED) is 0.839. The number of benzene rings is 2. The fourth-order valence-electron chi connectivity index (χ4n) is 3.02. The van der Waals surface area contributed by atoms with Crippen LogP contribution in [0.3, 0.4) is 0 Å². The first kappa shape index (κ1) is 19.3. The molecule has 0 spiro atoms. The number of hydrogen-bond donors (Lipinski definition) is 2. The lowest BCUT2D eigenvalue weighted by Crippen LogP contribution is -2.57.